The smallest absolute Gasteiger partial charge is 0.408 e. The molecule has 1 aliphatic rings. The number of nitrogens with one attached hydrogen (secondary N) is 1. The minimum atomic E-state index is -2.42. The van der Waals surface area contributed by atoms with Crippen LogP contribution >= 0.6 is 0 Å². The van der Waals surface area contributed by atoms with Crippen LogP contribution < -0.4 is 5.32 Å². The molecule has 2 N–H and O–H groups in total. The Labute approximate surface area is 118 Å². The van der Waals surface area contributed by atoms with Crippen molar-refractivity contribution in [2.24, 2.45) is 5.92 Å². The number of carboxylic acids is 1. The Hall–Kier alpha value is -1.33. The van der Waals surface area contributed by atoms with Crippen LogP contribution in [0.4, 0.5) is 9.18 Å². The molecule has 0 spiro atoms. The van der Waals surface area contributed by atoms with Crippen molar-refractivity contribution in [3.05, 3.63) is 0 Å². The molecule has 0 saturated heterocycles. The van der Waals surface area contributed by atoms with Crippen molar-refractivity contribution in [3.8, 4) is 0 Å². The lowest BCUT2D eigenvalue weighted by atomic mass is 9.73. The lowest BCUT2D eigenvalue weighted by molar-refractivity contribution is -0.157. The number of amides is 1. The Morgan fingerprint density at radius 2 is 2.05 bits per heavy atom. The molecule has 1 amide bonds. The largest absolute Gasteiger partial charge is 0.479 e. The van der Waals surface area contributed by atoms with Crippen LogP contribution in [0.1, 0.15) is 53.4 Å². The zero-order valence-electron chi connectivity index (χ0n) is 12.5. The summed E-state index contributed by atoms with van der Waals surface area (Å²) >= 11 is 0. The molecule has 0 aromatic rings. The van der Waals surface area contributed by atoms with Crippen molar-refractivity contribution in [1.29, 1.82) is 0 Å². The predicted octanol–water partition coefficient (Wildman–Crippen LogP) is 2.88. The average molecular weight is 289 g/mol. The fourth-order valence-electron chi connectivity index (χ4n) is 2.66. The van der Waals surface area contributed by atoms with E-state index >= 15 is 0 Å². The summed E-state index contributed by atoms with van der Waals surface area (Å²) in [6, 6.07) is -1.05. The van der Waals surface area contributed by atoms with Crippen LogP contribution in [0.2, 0.25) is 0 Å². The molecule has 5 nitrogen and oxygen atoms in total. The number of alkyl halides is 1. The first-order valence-electron chi connectivity index (χ1n) is 7.02. The van der Waals surface area contributed by atoms with E-state index < -0.39 is 29.4 Å². The summed E-state index contributed by atoms with van der Waals surface area (Å²) in [5.74, 6) is -1.71. The van der Waals surface area contributed by atoms with E-state index in [-0.39, 0.29) is 12.3 Å². The number of carbonyl (C=O) groups is 2. The summed E-state index contributed by atoms with van der Waals surface area (Å²) in [7, 11) is 0. The predicted molar refractivity (Wildman–Crippen MR) is 72.3 cm³/mol. The van der Waals surface area contributed by atoms with Crippen molar-refractivity contribution in [3.63, 3.8) is 0 Å². The topological polar surface area (TPSA) is 75.6 Å². The van der Waals surface area contributed by atoms with Gasteiger partial charge in [-0.1, -0.05) is 13.3 Å². The number of carbonyl (C=O) groups excluding carboxylic acids is 1. The van der Waals surface area contributed by atoms with Gasteiger partial charge in [-0.25, -0.2) is 14.0 Å². The van der Waals surface area contributed by atoms with Gasteiger partial charge in [-0.05, 0) is 46.0 Å². The minimum Gasteiger partial charge on any atom is -0.479 e. The second kappa shape index (κ2) is 5.97. The van der Waals surface area contributed by atoms with Gasteiger partial charge >= 0.3 is 12.1 Å². The first-order valence-corrected chi connectivity index (χ1v) is 7.02. The van der Waals surface area contributed by atoms with Crippen molar-refractivity contribution in [1.82, 2.24) is 5.32 Å². The fraction of sp³-hybridized carbons (Fsp3) is 0.857. The van der Waals surface area contributed by atoms with Crippen molar-refractivity contribution in [2.75, 3.05) is 0 Å². The molecule has 0 bridgehead atoms. The third-order valence-electron chi connectivity index (χ3n) is 3.63. The van der Waals surface area contributed by atoms with Gasteiger partial charge in [0.15, 0.2) is 0 Å². The highest BCUT2D eigenvalue weighted by atomic mass is 19.1. The third kappa shape index (κ3) is 3.84. The zero-order valence-corrected chi connectivity index (χ0v) is 12.5. The number of aliphatic carboxylic acids is 1. The number of rotatable bonds is 3. The van der Waals surface area contributed by atoms with Crippen LogP contribution in [-0.4, -0.2) is 34.5 Å². The normalized spacial score (nSPS) is 30.6. The van der Waals surface area contributed by atoms with Gasteiger partial charge in [0.25, 0.3) is 0 Å². The van der Waals surface area contributed by atoms with E-state index in [1.807, 2.05) is 6.92 Å². The lowest BCUT2D eigenvalue weighted by Crippen LogP contribution is -2.60. The van der Waals surface area contributed by atoms with E-state index in [9.17, 15) is 14.0 Å². The summed E-state index contributed by atoms with van der Waals surface area (Å²) < 4.78 is 19.8. The van der Waals surface area contributed by atoms with Gasteiger partial charge in [0.2, 0.25) is 5.67 Å². The molecule has 0 aromatic heterocycles. The molecule has 0 heterocycles. The number of ether oxygens (including phenoxy) is 1. The van der Waals surface area contributed by atoms with Crippen molar-refractivity contribution in [2.45, 2.75) is 70.7 Å². The van der Waals surface area contributed by atoms with Gasteiger partial charge in [-0.3, -0.25) is 0 Å². The van der Waals surface area contributed by atoms with Crippen molar-refractivity contribution >= 4 is 12.1 Å². The van der Waals surface area contributed by atoms with E-state index in [0.29, 0.717) is 19.3 Å². The van der Waals surface area contributed by atoms with E-state index in [4.69, 9.17) is 9.84 Å². The quantitative estimate of drug-likeness (QED) is 0.837. The van der Waals surface area contributed by atoms with Gasteiger partial charge in [-0.15, -0.1) is 0 Å². The Balaban J connectivity index is 2.89. The van der Waals surface area contributed by atoms with Crippen LogP contribution in [0.3, 0.4) is 0 Å². The maximum atomic E-state index is 14.7. The Morgan fingerprint density at radius 1 is 1.45 bits per heavy atom. The molecule has 1 rings (SSSR count). The second-order valence-corrected chi connectivity index (χ2v) is 6.35. The molecule has 1 aliphatic carbocycles. The number of halogens is 1. The Morgan fingerprint density at radius 3 is 2.50 bits per heavy atom. The van der Waals surface area contributed by atoms with Gasteiger partial charge in [-0.2, -0.15) is 0 Å². The second-order valence-electron chi connectivity index (χ2n) is 6.35. The maximum Gasteiger partial charge on any atom is 0.408 e. The number of hydrogen-bond donors (Lipinski definition) is 2. The molecular formula is C14H24FNO4. The molecule has 0 aromatic carbocycles. The summed E-state index contributed by atoms with van der Waals surface area (Å²) in [5, 5.41) is 11.6. The van der Waals surface area contributed by atoms with Gasteiger partial charge in [0, 0.05) is 0 Å². The summed E-state index contributed by atoms with van der Waals surface area (Å²) in [4.78, 5) is 23.1. The highest BCUT2D eigenvalue weighted by Gasteiger charge is 2.52. The molecule has 116 valence electrons. The molecule has 6 heteroatoms. The number of hydrogen-bond acceptors (Lipinski definition) is 3. The molecule has 0 radical (unpaired) electrons. The van der Waals surface area contributed by atoms with Crippen LogP contribution in [0, 0.1) is 5.92 Å². The summed E-state index contributed by atoms with van der Waals surface area (Å²) in [6.45, 7) is 6.96. The van der Waals surface area contributed by atoms with Crippen LogP contribution in [0.5, 0.6) is 0 Å². The van der Waals surface area contributed by atoms with Crippen LogP contribution in [0.25, 0.3) is 0 Å². The summed E-state index contributed by atoms with van der Waals surface area (Å²) in [5.41, 5.74) is -3.13. The summed E-state index contributed by atoms with van der Waals surface area (Å²) in [6.07, 6.45) is 0.966. The van der Waals surface area contributed by atoms with Gasteiger partial charge in [0.05, 0.1) is 6.04 Å². The standard InChI is InChI=1S/C14H24FNO4/c1-5-9-7-6-8-14(15,11(17)18)10(9)16-12(19)20-13(2,3)4/h9-10H,5-8H2,1-4H3,(H,16,19)(H,17,18). The lowest BCUT2D eigenvalue weighted by Gasteiger charge is -2.40. The molecule has 3 atom stereocenters. The van der Waals surface area contributed by atoms with Gasteiger partial charge < -0.3 is 15.2 Å². The van der Waals surface area contributed by atoms with E-state index in [1.54, 1.807) is 20.8 Å². The molecule has 20 heavy (non-hydrogen) atoms. The Bertz CT molecular complexity index is 380. The van der Waals surface area contributed by atoms with Crippen molar-refractivity contribution < 1.29 is 23.8 Å². The molecular weight excluding hydrogens is 265 g/mol. The number of alkyl carbamates (subject to hydrolysis) is 1. The third-order valence-corrected chi connectivity index (χ3v) is 3.63. The van der Waals surface area contributed by atoms with E-state index in [0.717, 1.165) is 0 Å². The number of carboxylic acid groups (broad SMARTS) is 1. The minimum absolute atomic E-state index is 0.0840. The Kier molecular flexibility index (Phi) is 5.00. The average Bonchev–Trinajstić information content (AvgIpc) is 2.29. The fourth-order valence-corrected chi connectivity index (χ4v) is 2.66. The van der Waals surface area contributed by atoms with Crippen LogP contribution in [-0.2, 0) is 9.53 Å². The monoisotopic (exact) mass is 289 g/mol. The highest BCUT2D eigenvalue weighted by molar-refractivity contribution is 5.80. The van der Waals surface area contributed by atoms with E-state index in [2.05, 4.69) is 5.32 Å². The van der Waals surface area contributed by atoms with E-state index in [1.165, 1.54) is 0 Å². The van der Waals surface area contributed by atoms with Crippen LogP contribution in [0.15, 0.2) is 0 Å². The van der Waals surface area contributed by atoms with Gasteiger partial charge in [0.1, 0.15) is 5.60 Å². The molecule has 0 aliphatic heterocycles. The zero-order chi connectivity index (χ0) is 15.6. The first-order chi connectivity index (χ1) is 9.10. The SMILES string of the molecule is CCC1CCCC(F)(C(=O)O)C1NC(=O)OC(C)(C)C. The molecule has 1 saturated carbocycles. The maximum absolute atomic E-state index is 14.7. The molecule has 3 unspecified atom stereocenters. The first kappa shape index (κ1) is 16.7. The molecule has 1 fully saturated rings. The highest BCUT2D eigenvalue weighted by Crippen LogP contribution is 2.38.